The van der Waals surface area contributed by atoms with Crippen LogP contribution < -0.4 is 15.4 Å². The summed E-state index contributed by atoms with van der Waals surface area (Å²) in [6.45, 7) is 1.60. The van der Waals surface area contributed by atoms with E-state index >= 15 is 0 Å². The molecule has 1 atom stereocenters. The molecule has 0 aliphatic carbocycles. The average molecular weight is 356 g/mol. The fourth-order valence-electron chi connectivity index (χ4n) is 2.50. The van der Waals surface area contributed by atoms with E-state index in [1.165, 1.54) is 18.2 Å². The first-order valence-electron chi connectivity index (χ1n) is 7.63. The van der Waals surface area contributed by atoms with Gasteiger partial charge in [0.2, 0.25) is 15.9 Å². The van der Waals surface area contributed by atoms with Gasteiger partial charge >= 0.3 is 0 Å². The maximum atomic E-state index is 12.2. The summed E-state index contributed by atoms with van der Waals surface area (Å²) in [5.74, 6) is -0.224. The van der Waals surface area contributed by atoms with E-state index in [9.17, 15) is 23.3 Å². The molecule has 1 aliphatic rings. The Morgan fingerprint density at radius 3 is 2.75 bits per heavy atom. The number of hydrogen-bond acceptors (Lipinski definition) is 6. The van der Waals surface area contributed by atoms with Gasteiger partial charge in [-0.3, -0.25) is 14.9 Å². The third-order valence-corrected chi connectivity index (χ3v) is 5.24. The van der Waals surface area contributed by atoms with Crippen LogP contribution in [0.4, 0.5) is 5.69 Å². The van der Waals surface area contributed by atoms with Crippen LogP contribution in [-0.4, -0.2) is 45.4 Å². The van der Waals surface area contributed by atoms with Crippen molar-refractivity contribution in [1.29, 1.82) is 0 Å². The summed E-state index contributed by atoms with van der Waals surface area (Å²) in [6, 6.07) is 5.12. The van der Waals surface area contributed by atoms with Gasteiger partial charge in [0, 0.05) is 25.7 Å². The van der Waals surface area contributed by atoms with Crippen molar-refractivity contribution in [2.75, 3.05) is 26.2 Å². The van der Waals surface area contributed by atoms with Gasteiger partial charge in [-0.2, -0.15) is 0 Å². The smallest absolute Gasteiger partial charge is 0.289 e. The fraction of sp³-hybridized carbons (Fsp3) is 0.500. The molecule has 3 N–H and O–H groups in total. The highest BCUT2D eigenvalue weighted by atomic mass is 32.2. The van der Waals surface area contributed by atoms with E-state index < -0.39 is 25.5 Å². The number of piperidine rings is 1. The molecule has 1 aromatic carbocycles. The van der Waals surface area contributed by atoms with Crippen LogP contribution in [0.1, 0.15) is 12.8 Å². The SMILES string of the molecule is O=C(NCCNS(=O)(=O)c1ccccc1[N+](=O)[O-])C1CCCNC1. The Bertz CT molecular complexity index is 701. The second-order valence-corrected chi connectivity index (χ2v) is 7.19. The number of rotatable bonds is 7. The average Bonchev–Trinajstić information content (AvgIpc) is 2.59. The number of sulfonamides is 1. The maximum Gasteiger partial charge on any atom is 0.289 e. The Balaban J connectivity index is 1.87. The largest absolute Gasteiger partial charge is 0.355 e. The number of amides is 1. The van der Waals surface area contributed by atoms with E-state index in [1.54, 1.807) is 0 Å². The van der Waals surface area contributed by atoms with Crippen LogP contribution in [0, 0.1) is 16.0 Å². The monoisotopic (exact) mass is 356 g/mol. The van der Waals surface area contributed by atoms with E-state index in [0.717, 1.165) is 25.5 Å². The highest BCUT2D eigenvalue weighted by molar-refractivity contribution is 7.89. The molecule has 1 fully saturated rings. The van der Waals surface area contributed by atoms with E-state index in [0.29, 0.717) is 6.54 Å². The van der Waals surface area contributed by atoms with Gasteiger partial charge in [-0.1, -0.05) is 12.1 Å². The van der Waals surface area contributed by atoms with Gasteiger partial charge < -0.3 is 10.6 Å². The zero-order valence-electron chi connectivity index (χ0n) is 13.0. The van der Waals surface area contributed by atoms with E-state index in [4.69, 9.17) is 0 Å². The lowest BCUT2D eigenvalue weighted by Crippen LogP contribution is -2.42. The molecule has 2 rings (SSSR count). The predicted octanol–water partition coefficient (Wildman–Crippen LogP) is -0.0111. The predicted molar refractivity (Wildman–Crippen MR) is 86.9 cm³/mol. The lowest BCUT2D eigenvalue weighted by molar-refractivity contribution is -0.387. The van der Waals surface area contributed by atoms with Crippen LogP contribution in [0.5, 0.6) is 0 Å². The maximum absolute atomic E-state index is 12.2. The highest BCUT2D eigenvalue weighted by Gasteiger charge is 2.25. The molecule has 1 saturated heterocycles. The van der Waals surface area contributed by atoms with E-state index in [2.05, 4.69) is 15.4 Å². The molecule has 24 heavy (non-hydrogen) atoms. The summed E-state index contributed by atoms with van der Waals surface area (Å²) in [5.41, 5.74) is -0.484. The minimum absolute atomic E-state index is 0.0414. The Hall–Kier alpha value is -2.04. The van der Waals surface area contributed by atoms with Gasteiger partial charge in [0.1, 0.15) is 0 Å². The molecule has 0 aromatic heterocycles. The molecule has 1 aromatic rings. The second-order valence-electron chi connectivity index (χ2n) is 5.46. The molecule has 0 spiro atoms. The molecule has 1 amide bonds. The van der Waals surface area contributed by atoms with Crippen LogP contribution in [0.25, 0.3) is 0 Å². The van der Waals surface area contributed by atoms with E-state index in [1.807, 2.05) is 0 Å². The lowest BCUT2D eigenvalue weighted by atomic mass is 9.99. The lowest BCUT2D eigenvalue weighted by Gasteiger charge is -2.21. The zero-order chi connectivity index (χ0) is 17.6. The van der Waals surface area contributed by atoms with Gasteiger partial charge in [-0.15, -0.1) is 0 Å². The molecule has 10 heteroatoms. The second kappa shape index (κ2) is 8.18. The molecule has 1 unspecified atom stereocenters. The molecule has 9 nitrogen and oxygen atoms in total. The standard InChI is InChI=1S/C14H20N4O5S/c19-14(11-4-3-7-15-10-11)16-8-9-17-24(22,23)13-6-2-1-5-12(13)18(20)21/h1-2,5-6,11,15,17H,3-4,7-10H2,(H,16,19). The molecular weight excluding hydrogens is 336 g/mol. The van der Waals surface area contributed by atoms with Crippen molar-refractivity contribution >= 4 is 21.6 Å². The van der Waals surface area contributed by atoms with Crippen molar-refractivity contribution in [3.05, 3.63) is 34.4 Å². The number of hydrogen-bond donors (Lipinski definition) is 3. The van der Waals surface area contributed by atoms with Gasteiger partial charge in [-0.25, -0.2) is 13.1 Å². The normalized spacial score (nSPS) is 18.1. The van der Waals surface area contributed by atoms with Crippen molar-refractivity contribution < 1.29 is 18.1 Å². The third-order valence-electron chi connectivity index (χ3n) is 3.74. The molecule has 0 saturated carbocycles. The van der Waals surface area contributed by atoms with Crippen molar-refractivity contribution in [3.63, 3.8) is 0 Å². The Morgan fingerprint density at radius 2 is 2.08 bits per heavy atom. The number of nitro benzene ring substituents is 1. The number of carbonyl (C=O) groups is 1. The van der Waals surface area contributed by atoms with Crippen LogP contribution in [0.2, 0.25) is 0 Å². The molecular formula is C14H20N4O5S. The van der Waals surface area contributed by atoms with Crippen molar-refractivity contribution in [2.45, 2.75) is 17.7 Å². The summed E-state index contributed by atoms with van der Waals surface area (Å²) in [4.78, 5) is 21.7. The number of nitrogens with one attached hydrogen (secondary N) is 3. The Kier molecular flexibility index (Phi) is 6.23. The summed E-state index contributed by atoms with van der Waals surface area (Å²) < 4.78 is 26.6. The van der Waals surface area contributed by atoms with Crippen molar-refractivity contribution in [3.8, 4) is 0 Å². The molecule has 1 aliphatic heterocycles. The first kappa shape index (κ1) is 18.3. The summed E-state index contributed by atoms with van der Waals surface area (Å²) in [5, 5.41) is 16.7. The molecule has 132 valence electrons. The third kappa shape index (κ3) is 4.73. The number of carbonyl (C=O) groups excluding carboxylic acids is 1. The van der Waals surface area contributed by atoms with Crippen LogP contribution in [0.15, 0.2) is 29.2 Å². The van der Waals surface area contributed by atoms with Crippen LogP contribution >= 0.6 is 0 Å². The van der Waals surface area contributed by atoms with E-state index in [-0.39, 0.29) is 24.9 Å². The van der Waals surface area contributed by atoms with Crippen LogP contribution in [-0.2, 0) is 14.8 Å². The van der Waals surface area contributed by atoms with Crippen molar-refractivity contribution in [1.82, 2.24) is 15.4 Å². The molecule has 1 heterocycles. The summed E-state index contributed by atoms with van der Waals surface area (Å²) in [6.07, 6.45) is 1.74. The minimum atomic E-state index is -4.01. The Morgan fingerprint density at radius 1 is 1.33 bits per heavy atom. The molecule has 0 bridgehead atoms. The Labute approximate surface area is 140 Å². The number of nitrogens with zero attached hydrogens (tertiary/aromatic N) is 1. The minimum Gasteiger partial charge on any atom is -0.355 e. The number of benzene rings is 1. The quantitative estimate of drug-likeness (QED) is 0.358. The number of para-hydroxylation sites is 1. The van der Waals surface area contributed by atoms with Gasteiger partial charge in [0.15, 0.2) is 4.90 Å². The molecule has 0 radical (unpaired) electrons. The fourth-order valence-corrected chi connectivity index (χ4v) is 3.71. The van der Waals surface area contributed by atoms with Crippen molar-refractivity contribution in [2.24, 2.45) is 5.92 Å². The number of nitro groups is 1. The highest BCUT2D eigenvalue weighted by Crippen LogP contribution is 2.22. The van der Waals surface area contributed by atoms with Gasteiger partial charge in [-0.05, 0) is 25.5 Å². The van der Waals surface area contributed by atoms with Gasteiger partial charge in [0.25, 0.3) is 5.69 Å². The summed E-state index contributed by atoms with van der Waals surface area (Å²) >= 11 is 0. The zero-order valence-corrected chi connectivity index (χ0v) is 13.8. The summed E-state index contributed by atoms with van der Waals surface area (Å²) in [7, 11) is -4.01. The first-order chi connectivity index (χ1) is 11.4. The first-order valence-corrected chi connectivity index (χ1v) is 9.11. The van der Waals surface area contributed by atoms with Crippen LogP contribution in [0.3, 0.4) is 0 Å². The topological polar surface area (TPSA) is 130 Å². The van der Waals surface area contributed by atoms with Gasteiger partial charge in [0.05, 0.1) is 10.8 Å².